The zero-order valence-electron chi connectivity index (χ0n) is 12.6. The number of alkyl halides is 3. The summed E-state index contributed by atoms with van der Waals surface area (Å²) in [6.07, 6.45) is -3.27. The van der Waals surface area contributed by atoms with Crippen molar-refractivity contribution in [1.29, 1.82) is 0 Å². The molecule has 0 bridgehead atoms. The highest BCUT2D eigenvalue weighted by molar-refractivity contribution is 5.31. The second-order valence-corrected chi connectivity index (χ2v) is 6.09. The van der Waals surface area contributed by atoms with Gasteiger partial charge in [0.1, 0.15) is 0 Å². The van der Waals surface area contributed by atoms with E-state index < -0.39 is 12.1 Å². The molecule has 1 aromatic rings. The minimum Gasteiger partial charge on any atom is -0.323 e. The number of benzene rings is 1. The summed E-state index contributed by atoms with van der Waals surface area (Å²) in [5.41, 5.74) is 9.53. The van der Waals surface area contributed by atoms with Crippen LogP contribution in [0.25, 0.3) is 0 Å². The lowest BCUT2D eigenvalue weighted by Gasteiger charge is -2.35. The van der Waals surface area contributed by atoms with E-state index in [4.69, 9.17) is 5.73 Å². The predicted octanol–water partition coefficient (Wildman–Crippen LogP) is 3.58. The third-order valence-electron chi connectivity index (χ3n) is 4.38. The number of hydrogen-bond acceptors (Lipinski definition) is 2. The van der Waals surface area contributed by atoms with Crippen LogP contribution in [0.5, 0.6) is 0 Å². The molecule has 1 aliphatic rings. The van der Waals surface area contributed by atoms with E-state index in [1.54, 1.807) is 0 Å². The van der Waals surface area contributed by atoms with Crippen LogP contribution < -0.4 is 5.73 Å². The molecule has 1 saturated heterocycles. The molecule has 2 unspecified atom stereocenters. The fourth-order valence-corrected chi connectivity index (χ4v) is 2.87. The molecule has 2 atom stereocenters. The molecular weight excluding hydrogens is 277 g/mol. The monoisotopic (exact) mass is 300 g/mol. The topological polar surface area (TPSA) is 29.3 Å². The van der Waals surface area contributed by atoms with Crippen molar-refractivity contribution in [1.82, 2.24) is 4.90 Å². The highest BCUT2D eigenvalue weighted by Crippen LogP contribution is 2.33. The molecule has 0 spiro atoms. The minimum atomic E-state index is -4.09. The SMILES string of the molecule is Cc1ccc(C(N)CN2CCCC(C(F)(F)F)C2)cc1C. The standard InChI is InChI=1S/C16H23F3N2/c1-11-5-6-13(8-12(11)2)15(20)10-21-7-3-4-14(9-21)16(17,18)19/h5-6,8,14-15H,3-4,7,9-10,20H2,1-2H3. The fourth-order valence-electron chi connectivity index (χ4n) is 2.87. The van der Waals surface area contributed by atoms with E-state index in [0.717, 1.165) is 11.1 Å². The lowest BCUT2D eigenvalue weighted by Crippen LogP contribution is -2.44. The zero-order valence-corrected chi connectivity index (χ0v) is 12.6. The van der Waals surface area contributed by atoms with Gasteiger partial charge in [-0.05, 0) is 49.9 Å². The molecule has 0 radical (unpaired) electrons. The Hall–Kier alpha value is -1.07. The number of halogens is 3. The molecule has 1 fully saturated rings. The van der Waals surface area contributed by atoms with Crippen LogP contribution in [-0.4, -0.2) is 30.7 Å². The van der Waals surface area contributed by atoms with Crippen LogP contribution >= 0.6 is 0 Å². The Morgan fingerprint density at radius 2 is 2.00 bits per heavy atom. The van der Waals surface area contributed by atoms with E-state index in [2.05, 4.69) is 0 Å². The molecule has 0 amide bonds. The van der Waals surface area contributed by atoms with Gasteiger partial charge in [-0.1, -0.05) is 18.2 Å². The van der Waals surface area contributed by atoms with Crippen LogP contribution in [-0.2, 0) is 0 Å². The van der Waals surface area contributed by atoms with Crippen molar-refractivity contribution >= 4 is 0 Å². The number of hydrogen-bond donors (Lipinski definition) is 1. The summed E-state index contributed by atoms with van der Waals surface area (Å²) in [7, 11) is 0. The van der Waals surface area contributed by atoms with Gasteiger partial charge in [-0.15, -0.1) is 0 Å². The molecule has 2 nitrogen and oxygen atoms in total. The summed E-state index contributed by atoms with van der Waals surface area (Å²) in [6, 6.07) is 5.78. The van der Waals surface area contributed by atoms with Gasteiger partial charge in [0, 0.05) is 19.1 Å². The summed E-state index contributed by atoms with van der Waals surface area (Å²) in [5.74, 6) is -1.21. The first-order chi connectivity index (χ1) is 9.77. The normalized spacial score (nSPS) is 22.3. The van der Waals surface area contributed by atoms with Crippen molar-refractivity contribution in [3.63, 3.8) is 0 Å². The van der Waals surface area contributed by atoms with Gasteiger partial charge < -0.3 is 10.6 Å². The maximum absolute atomic E-state index is 12.8. The Bertz CT molecular complexity index is 485. The molecule has 2 rings (SSSR count). The fraction of sp³-hybridized carbons (Fsp3) is 0.625. The Kier molecular flexibility index (Phi) is 4.94. The van der Waals surface area contributed by atoms with Crippen molar-refractivity contribution in [3.8, 4) is 0 Å². The lowest BCUT2D eigenvalue weighted by molar-refractivity contribution is -0.186. The Labute approximate surface area is 124 Å². The van der Waals surface area contributed by atoms with Crippen molar-refractivity contribution < 1.29 is 13.2 Å². The smallest absolute Gasteiger partial charge is 0.323 e. The second-order valence-electron chi connectivity index (χ2n) is 6.09. The molecule has 1 aromatic carbocycles. The average molecular weight is 300 g/mol. The highest BCUT2D eigenvalue weighted by atomic mass is 19.4. The first kappa shape index (κ1) is 16.3. The summed E-state index contributed by atoms with van der Waals surface area (Å²) in [6.45, 7) is 5.30. The number of nitrogens with zero attached hydrogens (tertiary/aromatic N) is 1. The third-order valence-corrected chi connectivity index (χ3v) is 4.38. The van der Waals surface area contributed by atoms with Crippen molar-refractivity contribution in [2.24, 2.45) is 11.7 Å². The van der Waals surface area contributed by atoms with Gasteiger partial charge in [-0.2, -0.15) is 13.2 Å². The van der Waals surface area contributed by atoms with E-state index >= 15 is 0 Å². The second kappa shape index (κ2) is 6.36. The van der Waals surface area contributed by atoms with Crippen molar-refractivity contribution in [2.75, 3.05) is 19.6 Å². The van der Waals surface area contributed by atoms with Gasteiger partial charge in [0.2, 0.25) is 0 Å². The molecule has 5 heteroatoms. The molecule has 21 heavy (non-hydrogen) atoms. The summed E-state index contributed by atoms with van der Waals surface area (Å²) in [5, 5.41) is 0. The van der Waals surface area contributed by atoms with Gasteiger partial charge in [0.05, 0.1) is 5.92 Å². The summed E-state index contributed by atoms with van der Waals surface area (Å²) >= 11 is 0. The number of nitrogens with two attached hydrogens (primary N) is 1. The molecule has 0 aliphatic carbocycles. The third kappa shape index (κ3) is 4.20. The molecule has 1 heterocycles. The Morgan fingerprint density at radius 3 is 2.62 bits per heavy atom. The van der Waals surface area contributed by atoms with E-state index in [1.807, 2.05) is 36.9 Å². The first-order valence-corrected chi connectivity index (χ1v) is 7.39. The van der Waals surface area contributed by atoms with Gasteiger partial charge in [-0.3, -0.25) is 0 Å². The zero-order chi connectivity index (χ0) is 15.6. The van der Waals surface area contributed by atoms with Crippen LogP contribution in [0.3, 0.4) is 0 Å². The van der Waals surface area contributed by atoms with Crippen LogP contribution in [0.4, 0.5) is 13.2 Å². The van der Waals surface area contributed by atoms with Crippen LogP contribution in [0.1, 0.15) is 35.6 Å². The van der Waals surface area contributed by atoms with E-state index in [1.165, 1.54) is 5.56 Å². The number of likely N-dealkylation sites (tertiary alicyclic amines) is 1. The molecular formula is C16H23F3N2. The molecule has 0 saturated carbocycles. The van der Waals surface area contributed by atoms with Gasteiger partial charge in [-0.25, -0.2) is 0 Å². The maximum Gasteiger partial charge on any atom is 0.393 e. The van der Waals surface area contributed by atoms with Gasteiger partial charge in [0.15, 0.2) is 0 Å². The van der Waals surface area contributed by atoms with E-state index in [9.17, 15) is 13.2 Å². The average Bonchev–Trinajstić information content (AvgIpc) is 2.41. The first-order valence-electron chi connectivity index (χ1n) is 7.39. The van der Waals surface area contributed by atoms with Crippen LogP contribution in [0.15, 0.2) is 18.2 Å². The lowest BCUT2D eigenvalue weighted by atomic mass is 9.96. The predicted molar refractivity (Wildman–Crippen MR) is 78.1 cm³/mol. The largest absolute Gasteiger partial charge is 0.393 e. The maximum atomic E-state index is 12.8. The number of piperidine rings is 1. The van der Waals surface area contributed by atoms with E-state index in [-0.39, 0.29) is 19.0 Å². The van der Waals surface area contributed by atoms with Crippen molar-refractivity contribution in [3.05, 3.63) is 34.9 Å². The Balaban J connectivity index is 1.98. The van der Waals surface area contributed by atoms with Gasteiger partial charge in [0.25, 0.3) is 0 Å². The van der Waals surface area contributed by atoms with Gasteiger partial charge >= 0.3 is 6.18 Å². The van der Waals surface area contributed by atoms with E-state index in [0.29, 0.717) is 19.5 Å². The summed E-state index contributed by atoms with van der Waals surface area (Å²) < 4.78 is 38.4. The van der Waals surface area contributed by atoms with Crippen LogP contribution in [0, 0.1) is 19.8 Å². The van der Waals surface area contributed by atoms with Crippen LogP contribution in [0.2, 0.25) is 0 Å². The molecule has 0 aromatic heterocycles. The molecule has 1 aliphatic heterocycles. The number of rotatable bonds is 3. The molecule has 2 N–H and O–H groups in total. The number of aryl methyl sites for hydroxylation is 2. The quantitative estimate of drug-likeness (QED) is 0.924. The minimum absolute atomic E-state index is 0.0715. The van der Waals surface area contributed by atoms with Crippen molar-refractivity contribution in [2.45, 2.75) is 38.9 Å². The molecule has 118 valence electrons. The summed E-state index contributed by atoms with van der Waals surface area (Å²) in [4.78, 5) is 1.85. The highest BCUT2D eigenvalue weighted by Gasteiger charge is 2.41. The Morgan fingerprint density at radius 1 is 1.29 bits per heavy atom.